The van der Waals surface area contributed by atoms with Crippen LogP contribution in [-0.4, -0.2) is 6.36 Å². The second-order valence-corrected chi connectivity index (χ2v) is 9.83. The maximum atomic E-state index is 13.1. The predicted octanol–water partition coefficient (Wildman–Crippen LogP) is 5.54. The number of nitriles is 4. The van der Waals surface area contributed by atoms with Crippen molar-refractivity contribution in [2.24, 2.45) is 0 Å². The van der Waals surface area contributed by atoms with Crippen LogP contribution >= 0.6 is 0 Å². The van der Waals surface area contributed by atoms with E-state index in [-0.39, 0.29) is 57.3 Å². The number of rotatable bonds is 3. The molecule has 0 amide bonds. The van der Waals surface area contributed by atoms with Gasteiger partial charge in [0.05, 0.1) is 16.7 Å². The van der Waals surface area contributed by atoms with Gasteiger partial charge in [-0.3, -0.25) is 0 Å². The van der Waals surface area contributed by atoms with Crippen LogP contribution in [0.4, 0.5) is 13.2 Å². The van der Waals surface area contributed by atoms with Gasteiger partial charge in [0.15, 0.2) is 0 Å². The van der Waals surface area contributed by atoms with Crippen molar-refractivity contribution in [3.63, 3.8) is 0 Å². The number of nitrogens with zero attached hydrogens (tertiary/aromatic N) is 6. The van der Waals surface area contributed by atoms with E-state index in [2.05, 4.69) is 26.6 Å². The summed E-state index contributed by atoms with van der Waals surface area (Å²) in [6, 6.07) is 20.3. The number of halogens is 3. The van der Waals surface area contributed by atoms with Gasteiger partial charge < -0.3 is 4.74 Å². The van der Waals surface area contributed by atoms with Crippen LogP contribution in [0.15, 0.2) is 71.1 Å². The highest BCUT2D eigenvalue weighted by Crippen LogP contribution is 2.38. The topological polar surface area (TPSA) is 113 Å². The van der Waals surface area contributed by atoms with Crippen LogP contribution in [0.5, 0.6) is 5.75 Å². The van der Waals surface area contributed by atoms with Crippen LogP contribution < -0.4 is 15.2 Å². The van der Waals surface area contributed by atoms with Crippen molar-refractivity contribution < 1.29 is 17.9 Å². The number of ether oxygens (including phenoxy) is 1. The highest BCUT2D eigenvalue weighted by molar-refractivity contribution is 5.91. The van der Waals surface area contributed by atoms with Crippen LogP contribution in [0.1, 0.15) is 38.9 Å². The average Bonchev–Trinajstić information content (AvgIpc) is 3.56. The molecule has 3 aromatic carbocycles. The first-order valence-electron chi connectivity index (χ1n) is 12.8. The zero-order chi connectivity index (χ0) is 31.8. The van der Waals surface area contributed by atoms with Gasteiger partial charge in [0.1, 0.15) is 48.7 Å². The summed E-state index contributed by atoms with van der Waals surface area (Å²) in [5.74, 6) is -0.770. The molecule has 0 saturated heterocycles. The molecule has 208 valence electrons. The minimum atomic E-state index is -4.99. The van der Waals surface area contributed by atoms with E-state index in [0.717, 1.165) is 17.7 Å². The molecule has 0 heterocycles. The van der Waals surface area contributed by atoms with Crippen molar-refractivity contribution in [3.8, 4) is 30.0 Å². The standard InChI is InChI=1S/C34H15F3N6O/c1-18-6-4-7-19(10-18)30-26(33(42-2)43-3)13-25-28(17-41)31-24(27(16-40)32(25)30)12-23(21(14-38)15-39)29(31)20-8-5-9-22(11-20)44-34(35,36)37/h4-11H,12-13H2,1H3. The normalized spacial score (nSPS) is 13.0. The molecular weight excluding hydrogens is 565 g/mol. The third kappa shape index (κ3) is 4.70. The van der Waals surface area contributed by atoms with Gasteiger partial charge in [-0.05, 0) is 64.5 Å². The molecule has 0 aliphatic heterocycles. The summed E-state index contributed by atoms with van der Waals surface area (Å²) in [5, 5.41) is 41.3. The van der Waals surface area contributed by atoms with E-state index >= 15 is 0 Å². The van der Waals surface area contributed by atoms with Gasteiger partial charge in [0.25, 0.3) is 0 Å². The Bertz CT molecular complexity index is 2240. The lowest BCUT2D eigenvalue weighted by Crippen LogP contribution is -2.26. The lowest BCUT2D eigenvalue weighted by atomic mass is 9.92. The number of aryl methyl sites for hydroxylation is 1. The summed E-state index contributed by atoms with van der Waals surface area (Å²) in [7, 11) is 0. The second kappa shape index (κ2) is 11.0. The molecule has 2 aliphatic carbocycles. The van der Waals surface area contributed by atoms with Gasteiger partial charge in [0, 0.05) is 16.9 Å². The smallest absolute Gasteiger partial charge is 0.406 e. The number of alkyl halides is 3. The molecular formula is C34H15F3N6O. The molecule has 0 aromatic heterocycles. The third-order valence-electron chi connectivity index (χ3n) is 7.41. The van der Waals surface area contributed by atoms with Crippen LogP contribution in [0.3, 0.4) is 0 Å². The zero-order valence-corrected chi connectivity index (χ0v) is 22.8. The molecule has 2 aliphatic rings. The minimum Gasteiger partial charge on any atom is -0.406 e. The average molecular weight is 581 g/mol. The molecule has 0 atom stereocenters. The summed E-state index contributed by atoms with van der Waals surface area (Å²) in [4.78, 5) is 6.83. The number of benzene rings is 3. The molecule has 0 bridgehead atoms. The molecule has 44 heavy (non-hydrogen) atoms. The van der Waals surface area contributed by atoms with Crippen molar-refractivity contribution in [1.29, 1.82) is 21.0 Å². The van der Waals surface area contributed by atoms with Crippen molar-refractivity contribution >= 4 is 11.1 Å². The van der Waals surface area contributed by atoms with E-state index in [0.29, 0.717) is 33.1 Å². The fourth-order valence-corrected chi connectivity index (χ4v) is 5.85. The SMILES string of the molecule is [C-]#[N+]C([N+]#[C-])=C1Cc2c(C#N)c3c(c(C#N)c2=C1c1cccc(C)c1)CC(=C(C#N)C#N)C=3c1cccc(OC(F)(F)F)c1. The van der Waals surface area contributed by atoms with E-state index in [1.165, 1.54) is 12.1 Å². The van der Waals surface area contributed by atoms with Gasteiger partial charge in [-0.1, -0.05) is 42.0 Å². The fourth-order valence-electron chi connectivity index (χ4n) is 5.85. The summed E-state index contributed by atoms with van der Waals surface area (Å²) in [5.41, 5.74) is 3.34. The first kappa shape index (κ1) is 28.9. The predicted molar refractivity (Wildman–Crippen MR) is 150 cm³/mol. The third-order valence-corrected chi connectivity index (χ3v) is 7.41. The quantitative estimate of drug-likeness (QED) is 0.298. The van der Waals surface area contributed by atoms with Gasteiger partial charge in [-0.25, -0.2) is 0 Å². The molecule has 0 spiro atoms. The maximum Gasteiger partial charge on any atom is 0.573 e. The summed E-state index contributed by atoms with van der Waals surface area (Å²) >= 11 is 0. The van der Waals surface area contributed by atoms with Crippen molar-refractivity contribution in [2.45, 2.75) is 26.1 Å². The first-order chi connectivity index (χ1) is 21.1. The highest BCUT2D eigenvalue weighted by Gasteiger charge is 2.36. The van der Waals surface area contributed by atoms with Gasteiger partial charge >= 0.3 is 12.2 Å². The second-order valence-electron chi connectivity index (χ2n) is 9.83. The Kier molecular flexibility index (Phi) is 7.23. The molecule has 0 saturated carbocycles. The van der Waals surface area contributed by atoms with Gasteiger partial charge in [-0.15, -0.1) is 13.2 Å². The van der Waals surface area contributed by atoms with E-state index in [1.807, 2.05) is 31.2 Å². The monoisotopic (exact) mass is 580 g/mol. The van der Waals surface area contributed by atoms with Crippen molar-refractivity contribution in [2.75, 3.05) is 0 Å². The number of hydrogen-bond donors (Lipinski definition) is 0. The Morgan fingerprint density at radius 2 is 1.32 bits per heavy atom. The molecule has 0 radical (unpaired) electrons. The first-order valence-corrected chi connectivity index (χ1v) is 12.8. The summed E-state index contributed by atoms with van der Waals surface area (Å²) in [6.45, 7) is 17.2. The number of hydrogen-bond acceptors (Lipinski definition) is 5. The Labute approximate surface area is 249 Å². The van der Waals surface area contributed by atoms with Gasteiger partial charge in [-0.2, -0.15) is 30.7 Å². The Balaban J connectivity index is 2.04. The molecule has 0 N–H and O–H groups in total. The van der Waals surface area contributed by atoms with Crippen LogP contribution in [0, 0.1) is 65.4 Å². The molecule has 7 nitrogen and oxygen atoms in total. The highest BCUT2D eigenvalue weighted by atomic mass is 19.4. The molecule has 10 heteroatoms. The van der Waals surface area contributed by atoms with E-state index < -0.39 is 12.1 Å². The van der Waals surface area contributed by atoms with Crippen molar-refractivity contribution in [1.82, 2.24) is 0 Å². The molecule has 5 rings (SSSR count). The number of fused-ring (bicyclic) bond motifs is 2. The lowest BCUT2D eigenvalue weighted by Gasteiger charge is -2.12. The molecule has 3 aromatic rings. The van der Waals surface area contributed by atoms with Crippen LogP contribution in [0.2, 0.25) is 0 Å². The Morgan fingerprint density at radius 1 is 0.795 bits per heavy atom. The fraction of sp³-hybridized carbons (Fsp3) is 0.118. The van der Waals surface area contributed by atoms with Crippen LogP contribution in [-0.2, 0) is 12.8 Å². The van der Waals surface area contributed by atoms with E-state index in [9.17, 15) is 34.2 Å². The van der Waals surface area contributed by atoms with E-state index in [1.54, 1.807) is 12.1 Å². The lowest BCUT2D eigenvalue weighted by molar-refractivity contribution is -0.274. The largest absolute Gasteiger partial charge is 0.573 e. The van der Waals surface area contributed by atoms with Crippen molar-refractivity contribution in [3.05, 3.63) is 143 Å². The summed E-state index contributed by atoms with van der Waals surface area (Å²) in [6.07, 6.45) is -5.15. The number of allylic oxidation sites excluding steroid dienone is 3. The zero-order valence-electron chi connectivity index (χ0n) is 22.8. The van der Waals surface area contributed by atoms with Crippen LogP contribution in [0.25, 0.3) is 20.8 Å². The Hall–Kier alpha value is -6.59. The summed E-state index contributed by atoms with van der Waals surface area (Å²) < 4.78 is 43.4. The van der Waals surface area contributed by atoms with Gasteiger partial charge in [0.2, 0.25) is 0 Å². The minimum absolute atomic E-state index is 0.0313. The Morgan fingerprint density at radius 3 is 1.82 bits per heavy atom. The maximum absolute atomic E-state index is 13.1. The van der Waals surface area contributed by atoms with E-state index in [4.69, 9.17) is 13.1 Å². The molecule has 0 unspecified atom stereocenters. The molecule has 0 fully saturated rings.